The average molecular weight is 297 g/mol. The lowest BCUT2D eigenvalue weighted by Crippen LogP contribution is -2.31. The van der Waals surface area contributed by atoms with E-state index >= 15 is 0 Å². The maximum Gasteiger partial charge on any atom is 0.128 e. The highest BCUT2D eigenvalue weighted by atomic mass is 35.5. The zero-order valence-corrected chi connectivity index (χ0v) is 13.6. The fraction of sp³-hybridized carbons (Fsp3) is 0.667. The van der Waals surface area contributed by atoms with Crippen molar-refractivity contribution in [2.24, 2.45) is 0 Å². The molecule has 0 aromatic carbocycles. The smallest absolute Gasteiger partial charge is 0.128 e. The van der Waals surface area contributed by atoms with Gasteiger partial charge in [-0.15, -0.1) is 0 Å². The molecule has 5 heteroatoms. The van der Waals surface area contributed by atoms with E-state index in [0.29, 0.717) is 12.1 Å². The average Bonchev–Trinajstić information content (AvgIpc) is 2.87. The van der Waals surface area contributed by atoms with Gasteiger partial charge in [-0.05, 0) is 32.1 Å². The molecule has 1 fully saturated rings. The van der Waals surface area contributed by atoms with Crippen molar-refractivity contribution in [3.8, 4) is 0 Å². The molecule has 0 saturated carbocycles. The van der Waals surface area contributed by atoms with E-state index in [9.17, 15) is 0 Å². The predicted octanol–water partition coefficient (Wildman–Crippen LogP) is 2.37. The van der Waals surface area contributed by atoms with E-state index in [-0.39, 0.29) is 0 Å². The lowest BCUT2D eigenvalue weighted by molar-refractivity contribution is 0.315. The molecule has 1 unspecified atom stereocenters. The van der Waals surface area contributed by atoms with Crippen LogP contribution in [-0.2, 0) is 6.54 Å². The number of pyridine rings is 1. The van der Waals surface area contributed by atoms with Crippen LogP contribution in [0.5, 0.6) is 0 Å². The van der Waals surface area contributed by atoms with Crippen LogP contribution < -0.4 is 10.2 Å². The minimum absolute atomic E-state index is 0.451. The normalized spacial score (nSPS) is 19.4. The highest BCUT2D eigenvalue weighted by Gasteiger charge is 2.25. The Morgan fingerprint density at radius 2 is 2.25 bits per heavy atom. The van der Waals surface area contributed by atoms with E-state index in [4.69, 9.17) is 11.6 Å². The lowest BCUT2D eigenvalue weighted by Gasteiger charge is -2.21. The van der Waals surface area contributed by atoms with Crippen LogP contribution >= 0.6 is 11.6 Å². The van der Waals surface area contributed by atoms with Crippen molar-refractivity contribution in [3.63, 3.8) is 0 Å². The van der Waals surface area contributed by atoms with Gasteiger partial charge in [-0.3, -0.25) is 0 Å². The van der Waals surface area contributed by atoms with Gasteiger partial charge in [0.25, 0.3) is 0 Å². The molecule has 2 rings (SSSR count). The molecule has 0 bridgehead atoms. The first kappa shape index (κ1) is 15.5. The molecule has 1 aliphatic rings. The van der Waals surface area contributed by atoms with E-state index in [1.165, 1.54) is 6.42 Å². The summed E-state index contributed by atoms with van der Waals surface area (Å²) < 4.78 is 0. The Kier molecular flexibility index (Phi) is 5.24. The summed E-state index contributed by atoms with van der Waals surface area (Å²) in [5.41, 5.74) is 1.12. The number of halogens is 1. The van der Waals surface area contributed by atoms with Crippen molar-refractivity contribution >= 4 is 17.4 Å². The number of likely N-dealkylation sites (N-methyl/N-ethyl adjacent to an activating group) is 1. The molecule has 1 aliphatic heterocycles. The van der Waals surface area contributed by atoms with Gasteiger partial charge < -0.3 is 15.1 Å². The molecule has 112 valence electrons. The van der Waals surface area contributed by atoms with E-state index in [1.54, 1.807) is 6.20 Å². The summed E-state index contributed by atoms with van der Waals surface area (Å²) in [6.45, 7) is 7.17. The third-order valence-electron chi connectivity index (χ3n) is 3.84. The SMILES string of the molecule is CC(C)NCc1cc(N2CCC(N(C)C)C2)ncc1Cl. The maximum atomic E-state index is 6.24. The molecular weight excluding hydrogens is 272 g/mol. The number of aromatic nitrogens is 1. The molecule has 2 heterocycles. The van der Waals surface area contributed by atoms with Gasteiger partial charge in [0.15, 0.2) is 0 Å². The molecular formula is C15H25ClN4. The van der Waals surface area contributed by atoms with Crippen LogP contribution in [0.25, 0.3) is 0 Å². The second-order valence-electron chi connectivity index (χ2n) is 6.02. The number of nitrogens with one attached hydrogen (secondary N) is 1. The first-order valence-corrected chi connectivity index (χ1v) is 7.64. The van der Waals surface area contributed by atoms with Crippen LogP contribution in [-0.4, -0.2) is 49.2 Å². The van der Waals surface area contributed by atoms with Gasteiger partial charge in [0.05, 0.1) is 5.02 Å². The van der Waals surface area contributed by atoms with Crippen LogP contribution in [0.1, 0.15) is 25.8 Å². The Morgan fingerprint density at radius 3 is 2.85 bits per heavy atom. The molecule has 0 amide bonds. The Morgan fingerprint density at radius 1 is 1.50 bits per heavy atom. The predicted molar refractivity (Wildman–Crippen MR) is 85.5 cm³/mol. The summed E-state index contributed by atoms with van der Waals surface area (Å²) in [5, 5.41) is 4.15. The topological polar surface area (TPSA) is 31.4 Å². The molecule has 0 radical (unpaired) electrons. The highest BCUT2D eigenvalue weighted by molar-refractivity contribution is 6.31. The maximum absolute atomic E-state index is 6.24. The van der Waals surface area contributed by atoms with Gasteiger partial charge in [0.1, 0.15) is 5.82 Å². The van der Waals surface area contributed by atoms with E-state index in [2.05, 4.69) is 54.1 Å². The molecule has 1 atom stereocenters. The third-order valence-corrected chi connectivity index (χ3v) is 4.18. The number of nitrogens with zero attached hydrogens (tertiary/aromatic N) is 3. The van der Waals surface area contributed by atoms with Gasteiger partial charge in [0, 0.05) is 37.9 Å². The van der Waals surface area contributed by atoms with Crippen molar-refractivity contribution in [2.75, 3.05) is 32.1 Å². The van der Waals surface area contributed by atoms with Crippen molar-refractivity contribution in [2.45, 2.75) is 38.9 Å². The molecule has 4 nitrogen and oxygen atoms in total. The highest BCUT2D eigenvalue weighted by Crippen LogP contribution is 2.24. The zero-order valence-electron chi connectivity index (χ0n) is 12.9. The van der Waals surface area contributed by atoms with E-state index in [0.717, 1.165) is 36.0 Å². The molecule has 1 N–H and O–H groups in total. The summed E-state index contributed by atoms with van der Waals surface area (Å²) in [4.78, 5) is 9.13. The van der Waals surface area contributed by atoms with Crippen LogP contribution in [0.3, 0.4) is 0 Å². The molecule has 1 aromatic heterocycles. The standard InChI is InChI=1S/C15H25ClN4/c1-11(2)17-8-12-7-15(18-9-14(12)16)20-6-5-13(10-20)19(3)4/h7,9,11,13,17H,5-6,8,10H2,1-4H3. The Balaban J connectivity index is 2.07. The fourth-order valence-corrected chi connectivity index (χ4v) is 2.63. The summed E-state index contributed by atoms with van der Waals surface area (Å²) in [5.74, 6) is 1.04. The van der Waals surface area contributed by atoms with Crippen LogP contribution in [0.15, 0.2) is 12.3 Å². The summed E-state index contributed by atoms with van der Waals surface area (Å²) >= 11 is 6.24. The summed E-state index contributed by atoms with van der Waals surface area (Å²) in [6.07, 6.45) is 2.97. The minimum atomic E-state index is 0.451. The largest absolute Gasteiger partial charge is 0.355 e. The van der Waals surface area contributed by atoms with Gasteiger partial charge in [-0.2, -0.15) is 0 Å². The van der Waals surface area contributed by atoms with Gasteiger partial charge >= 0.3 is 0 Å². The van der Waals surface area contributed by atoms with Gasteiger partial charge in [-0.25, -0.2) is 4.98 Å². The molecule has 0 spiro atoms. The van der Waals surface area contributed by atoms with Gasteiger partial charge in [-0.1, -0.05) is 25.4 Å². The molecule has 1 saturated heterocycles. The van der Waals surface area contributed by atoms with Crippen LogP contribution in [0, 0.1) is 0 Å². The lowest BCUT2D eigenvalue weighted by atomic mass is 10.2. The van der Waals surface area contributed by atoms with Crippen molar-refractivity contribution in [1.29, 1.82) is 0 Å². The number of hydrogen-bond donors (Lipinski definition) is 1. The van der Waals surface area contributed by atoms with E-state index < -0.39 is 0 Å². The molecule has 1 aromatic rings. The first-order chi connectivity index (χ1) is 9.47. The molecule has 0 aliphatic carbocycles. The van der Waals surface area contributed by atoms with Gasteiger partial charge in [0.2, 0.25) is 0 Å². The monoisotopic (exact) mass is 296 g/mol. The fourth-order valence-electron chi connectivity index (χ4n) is 2.46. The number of hydrogen-bond acceptors (Lipinski definition) is 4. The van der Waals surface area contributed by atoms with Crippen molar-refractivity contribution in [3.05, 3.63) is 22.8 Å². The second-order valence-corrected chi connectivity index (χ2v) is 6.43. The minimum Gasteiger partial charge on any atom is -0.355 e. The Bertz CT molecular complexity index is 447. The quantitative estimate of drug-likeness (QED) is 0.904. The zero-order chi connectivity index (χ0) is 14.7. The molecule has 20 heavy (non-hydrogen) atoms. The second kappa shape index (κ2) is 6.74. The van der Waals surface area contributed by atoms with Crippen LogP contribution in [0.2, 0.25) is 5.02 Å². The van der Waals surface area contributed by atoms with E-state index in [1.807, 2.05) is 0 Å². The van der Waals surface area contributed by atoms with Crippen molar-refractivity contribution < 1.29 is 0 Å². The number of anilines is 1. The third kappa shape index (κ3) is 3.84. The Hall–Kier alpha value is -0.840. The summed E-state index contributed by atoms with van der Waals surface area (Å²) in [6, 6.07) is 3.19. The Labute approximate surface area is 127 Å². The summed E-state index contributed by atoms with van der Waals surface area (Å²) in [7, 11) is 4.28. The number of rotatable bonds is 5. The van der Waals surface area contributed by atoms with Crippen molar-refractivity contribution in [1.82, 2.24) is 15.2 Å². The first-order valence-electron chi connectivity index (χ1n) is 7.26. The van der Waals surface area contributed by atoms with Crippen LogP contribution in [0.4, 0.5) is 5.82 Å².